The van der Waals surface area contributed by atoms with Crippen molar-refractivity contribution in [2.24, 2.45) is 0 Å². The minimum atomic E-state index is -4.97. The Balaban J connectivity index is 1.58. The van der Waals surface area contributed by atoms with Crippen LogP contribution >= 0.6 is 0 Å². The standard InChI is InChI=1S/C30H17F11O2/c1-2-3-4-15-5-7-19(21(32)9-15)29(38,39)42-18-13-25(36)28(26(37)14-18)30(40,41)43-17-11-23(34)27(24(35)12-17)16-6-8-20(31)22(33)10-16/h2,5-14H,1,3-4H2. The van der Waals surface area contributed by atoms with Crippen molar-refractivity contribution in [1.82, 2.24) is 0 Å². The monoisotopic (exact) mass is 618 g/mol. The van der Waals surface area contributed by atoms with Crippen LogP contribution in [0.5, 0.6) is 11.5 Å². The highest BCUT2D eigenvalue weighted by Crippen LogP contribution is 2.40. The molecular formula is C30H17F11O2. The van der Waals surface area contributed by atoms with Gasteiger partial charge in [0.1, 0.15) is 46.1 Å². The Labute approximate surface area is 236 Å². The molecule has 0 saturated heterocycles. The second-order valence-electron chi connectivity index (χ2n) is 9.03. The zero-order valence-electron chi connectivity index (χ0n) is 21.4. The third-order valence-corrected chi connectivity index (χ3v) is 6.01. The van der Waals surface area contributed by atoms with E-state index >= 15 is 0 Å². The van der Waals surface area contributed by atoms with E-state index in [1.807, 2.05) is 0 Å². The van der Waals surface area contributed by atoms with Gasteiger partial charge in [0, 0.05) is 24.3 Å². The van der Waals surface area contributed by atoms with Gasteiger partial charge >= 0.3 is 12.2 Å². The first-order valence-corrected chi connectivity index (χ1v) is 12.1. The summed E-state index contributed by atoms with van der Waals surface area (Å²) in [5.41, 5.74) is -4.53. The zero-order valence-corrected chi connectivity index (χ0v) is 21.4. The minimum absolute atomic E-state index is 0.0483. The number of aryl methyl sites for hydroxylation is 1. The summed E-state index contributed by atoms with van der Waals surface area (Å²) < 4.78 is 167. The molecule has 0 radical (unpaired) electrons. The lowest BCUT2D eigenvalue weighted by molar-refractivity contribution is -0.191. The number of hydrogen-bond donors (Lipinski definition) is 0. The third-order valence-electron chi connectivity index (χ3n) is 6.01. The summed E-state index contributed by atoms with van der Waals surface area (Å²) in [7, 11) is 0. The molecule has 0 heterocycles. The normalized spacial score (nSPS) is 11.9. The molecule has 0 atom stereocenters. The number of benzene rings is 4. The van der Waals surface area contributed by atoms with E-state index in [0.29, 0.717) is 36.6 Å². The minimum Gasteiger partial charge on any atom is -0.429 e. The molecule has 4 aromatic rings. The quantitative estimate of drug-likeness (QED) is 0.130. The average Bonchev–Trinajstić information content (AvgIpc) is 2.87. The Bertz CT molecular complexity index is 1640. The van der Waals surface area contributed by atoms with E-state index in [1.54, 1.807) is 0 Å². The van der Waals surface area contributed by atoms with Crippen LogP contribution in [0.1, 0.15) is 23.1 Å². The van der Waals surface area contributed by atoms with Gasteiger partial charge in [-0.05, 0) is 48.2 Å². The van der Waals surface area contributed by atoms with Crippen molar-refractivity contribution in [3.05, 3.63) is 131 Å². The van der Waals surface area contributed by atoms with Gasteiger partial charge in [-0.25, -0.2) is 30.7 Å². The van der Waals surface area contributed by atoms with Crippen LogP contribution in [-0.4, -0.2) is 0 Å². The Morgan fingerprint density at radius 3 is 1.67 bits per heavy atom. The topological polar surface area (TPSA) is 18.5 Å². The summed E-state index contributed by atoms with van der Waals surface area (Å²) in [5.74, 6) is -14.2. The number of hydrogen-bond acceptors (Lipinski definition) is 2. The van der Waals surface area contributed by atoms with Gasteiger partial charge in [-0.15, -0.1) is 6.58 Å². The van der Waals surface area contributed by atoms with Gasteiger partial charge < -0.3 is 9.47 Å². The molecule has 0 spiro atoms. The molecule has 0 bridgehead atoms. The van der Waals surface area contributed by atoms with Crippen molar-refractivity contribution in [2.45, 2.75) is 25.1 Å². The lowest BCUT2D eigenvalue weighted by Crippen LogP contribution is -2.26. The van der Waals surface area contributed by atoms with E-state index in [9.17, 15) is 48.3 Å². The fourth-order valence-electron chi connectivity index (χ4n) is 4.04. The lowest BCUT2D eigenvalue weighted by atomic mass is 10.0. The predicted molar refractivity (Wildman–Crippen MR) is 132 cm³/mol. The molecular weight excluding hydrogens is 601 g/mol. The van der Waals surface area contributed by atoms with Crippen LogP contribution in [0.25, 0.3) is 11.1 Å². The van der Waals surface area contributed by atoms with E-state index < -0.39 is 86.7 Å². The summed E-state index contributed by atoms with van der Waals surface area (Å²) in [5, 5.41) is 0. The maximum absolute atomic E-state index is 14.8. The first-order valence-electron chi connectivity index (χ1n) is 12.1. The molecule has 0 saturated carbocycles. The second kappa shape index (κ2) is 12.0. The first kappa shape index (κ1) is 31.4. The number of ether oxygens (including phenoxy) is 2. The highest BCUT2D eigenvalue weighted by molar-refractivity contribution is 5.66. The van der Waals surface area contributed by atoms with Gasteiger partial charge in [-0.1, -0.05) is 18.2 Å². The molecule has 4 rings (SSSR count). The van der Waals surface area contributed by atoms with Crippen molar-refractivity contribution < 1.29 is 57.8 Å². The molecule has 0 unspecified atom stereocenters. The average molecular weight is 618 g/mol. The zero-order chi connectivity index (χ0) is 31.7. The highest BCUT2D eigenvalue weighted by Gasteiger charge is 2.43. The van der Waals surface area contributed by atoms with E-state index in [0.717, 1.165) is 18.2 Å². The van der Waals surface area contributed by atoms with Crippen molar-refractivity contribution in [2.75, 3.05) is 0 Å². The van der Waals surface area contributed by atoms with Crippen LogP contribution < -0.4 is 9.47 Å². The molecule has 43 heavy (non-hydrogen) atoms. The van der Waals surface area contributed by atoms with Crippen molar-refractivity contribution in [3.63, 3.8) is 0 Å². The predicted octanol–water partition coefficient (Wildman–Crippen LogP) is 9.70. The van der Waals surface area contributed by atoms with Crippen LogP contribution in [0.3, 0.4) is 0 Å². The Hall–Kier alpha value is -4.55. The Morgan fingerprint density at radius 1 is 0.581 bits per heavy atom. The maximum Gasteiger partial charge on any atom is 0.432 e. The van der Waals surface area contributed by atoms with Crippen LogP contribution in [0, 0.1) is 40.7 Å². The molecule has 2 nitrogen and oxygen atoms in total. The van der Waals surface area contributed by atoms with E-state index in [2.05, 4.69) is 16.1 Å². The SMILES string of the molecule is C=CCCc1ccc(C(F)(F)Oc2cc(F)c(C(F)(F)Oc3cc(F)c(-c4ccc(F)c(F)c4)c(F)c3)c(F)c2)c(F)c1. The van der Waals surface area contributed by atoms with Crippen LogP contribution in [0.4, 0.5) is 48.3 Å². The van der Waals surface area contributed by atoms with Crippen LogP contribution in [-0.2, 0) is 18.6 Å². The third kappa shape index (κ3) is 6.76. The van der Waals surface area contributed by atoms with Gasteiger partial charge in [0.2, 0.25) is 0 Å². The van der Waals surface area contributed by atoms with Gasteiger partial charge in [-0.2, -0.15) is 17.6 Å². The molecule has 0 fully saturated rings. The molecule has 0 aromatic heterocycles. The van der Waals surface area contributed by atoms with E-state index in [4.69, 9.17) is 0 Å². The fraction of sp³-hybridized carbons (Fsp3) is 0.133. The fourth-order valence-corrected chi connectivity index (χ4v) is 4.04. The van der Waals surface area contributed by atoms with Crippen LogP contribution in [0.15, 0.2) is 73.3 Å². The number of rotatable bonds is 10. The Morgan fingerprint density at radius 2 is 1.14 bits per heavy atom. The molecule has 0 N–H and O–H groups in total. The maximum atomic E-state index is 14.8. The summed E-state index contributed by atoms with van der Waals surface area (Å²) in [4.78, 5) is 0. The molecule has 226 valence electrons. The van der Waals surface area contributed by atoms with Crippen molar-refractivity contribution in [1.29, 1.82) is 0 Å². The first-order chi connectivity index (χ1) is 20.1. The number of allylic oxidation sites excluding steroid dienone is 1. The summed E-state index contributed by atoms with van der Waals surface area (Å²) in [6.07, 6.45) is -7.22. The highest BCUT2D eigenvalue weighted by atomic mass is 19.3. The summed E-state index contributed by atoms with van der Waals surface area (Å²) >= 11 is 0. The molecule has 0 amide bonds. The van der Waals surface area contributed by atoms with Gasteiger partial charge in [0.05, 0.1) is 11.1 Å². The largest absolute Gasteiger partial charge is 0.432 e. The molecule has 0 aliphatic rings. The number of alkyl halides is 4. The van der Waals surface area contributed by atoms with Crippen molar-refractivity contribution >= 4 is 0 Å². The molecule has 0 aliphatic carbocycles. The van der Waals surface area contributed by atoms with Crippen LogP contribution in [0.2, 0.25) is 0 Å². The van der Waals surface area contributed by atoms with Gasteiger partial charge in [0.25, 0.3) is 0 Å². The number of halogens is 11. The smallest absolute Gasteiger partial charge is 0.429 e. The molecule has 4 aromatic carbocycles. The summed E-state index contributed by atoms with van der Waals surface area (Å²) in [6.45, 7) is 3.48. The van der Waals surface area contributed by atoms with E-state index in [1.165, 1.54) is 6.08 Å². The Kier molecular flexibility index (Phi) is 8.74. The second-order valence-corrected chi connectivity index (χ2v) is 9.03. The molecule has 0 aliphatic heterocycles. The summed E-state index contributed by atoms with van der Waals surface area (Å²) in [6, 6.07) is 4.75. The van der Waals surface area contributed by atoms with Gasteiger partial charge in [-0.3, -0.25) is 0 Å². The van der Waals surface area contributed by atoms with Gasteiger partial charge in [0.15, 0.2) is 11.6 Å². The van der Waals surface area contributed by atoms with Crippen molar-refractivity contribution in [3.8, 4) is 22.6 Å². The lowest BCUT2D eigenvalue weighted by Gasteiger charge is -2.22. The molecule has 13 heteroatoms. The van der Waals surface area contributed by atoms with E-state index in [-0.39, 0.29) is 24.3 Å².